The van der Waals surface area contributed by atoms with Crippen LogP contribution in [0.4, 0.5) is 0 Å². The molecular formula is C28H17Br3N2. The van der Waals surface area contributed by atoms with Gasteiger partial charge in [-0.05, 0) is 42.0 Å². The van der Waals surface area contributed by atoms with Gasteiger partial charge in [-0.2, -0.15) is 0 Å². The molecule has 5 rings (SSSR count). The van der Waals surface area contributed by atoms with Crippen LogP contribution < -0.4 is 0 Å². The fraction of sp³-hybridized carbons (Fsp3) is 0. The van der Waals surface area contributed by atoms with Crippen LogP contribution in [0, 0.1) is 0 Å². The summed E-state index contributed by atoms with van der Waals surface area (Å²) in [4.78, 5) is 10.2. The zero-order chi connectivity index (χ0) is 22.8. The third-order valence-electron chi connectivity index (χ3n) is 5.31. The average Bonchev–Trinajstić information content (AvgIpc) is 2.85. The maximum Gasteiger partial charge on any atom is 0.160 e. The summed E-state index contributed by atoms with van der Waals surface area (Å²) in [6.45, 7) is 0. The van der Waals surface area contributed by atoms with Crippen LogP contribution in [0.5, 0.6) is 0 Å². The fourth-order valence-electron chi connectivity index (χ4n) is 3.70. The van der Waals surface area contributed by atoms with E-state index in [0.29, 0.717) is 5.82 Å². The van der Waals surface area contributed by atoms with Gasteiger partial charge < -0.3 is 0 Å². The second kappa shape index (κ2) is 9.72. The van der Waals surface area contributed by atoms with Gasteiger partial charge in [-0.1, -0.05) is 115 Å². The predicted octanol–water partition coefficient (Wildman–Crippen LogP) is 9.43. The van der Waals surface area contributed by atoms with E-state index in [4.69, 9.17) is 9.97 Å². The van der Waals surface area contributed by atoms with E-state index < -0.39 is 0 Å². The Kier molecular flexibility index (Phi) is 6.54. The molecule has 0 bridgehead atoms. The van der Waals surface area contributed by atoms with E-state index in [1.807, 2.05) is 54.6 Å². The van der Waals surface area contributed by atoms with Crippen LogP contribution in [0.1, 0.15) is 0 Å². The highest BCUT2D eigenvalue weighted by molar-refractivity contribution is 9.11. The second-order valence-corrected chi connectivity index (χ2v) is 10.3. The minimum absolute atomic E-state index is 0.701. The van der Waals surface area contributed by atoms with E-state index in [9.17, 15) is 0 Å². The van der Waals surface area contributed by atoms with Gasteiger partial charge in [0.1, 0.15) is 0 Å². The van der Waals surface area contributed by atoms with Gasteiger partial charge in [0, 0.05) is 35.7 Å². The van der Waals surface area contributed by atoms with Crippen molar-refractivity contribution in [3.05, 3.63) is 117 Å². The summed E-state index contributed by atoms with van der Waals surface area (Å²) in [5.74, 6) is 0.701. The summed E-state index contributed by atoms with van der Waals surface area (Å²) >= 11 is 10.7. The first kappa shape index (κ1) is 22.2. The minimum Gasteiger partial charge on any atom is -0.227 e. The van der Waals surface area contributed by atoms with Crippen molar-refractivity contribution in [3.8, 4) is 45.0 Å². The quantitative estimate of drug-likeness (QED) is 0.200. The molecule has 4 aromatic carbocycles. The van der Waals surface area contributed by atoms with Crippen molar-refractivity contribution in [2.45, 2.75) is 0 Å². The van der Waals surface area contributed by atoms with Crippen molar-refractivity contribution in [2.75, 3.05) is 0 Å². The molecule has 0 unspecified atom stereocenters. The molecule has 0 saturated heterocycles. The number of aromatic nitrogens is 2. The van der Waals surface area contributed by atoms with Crippen molar-refractivity contribution < 1.29 is 0 Å². The Balaban J connectivity index is 1.86. The van der Waals surface area contributed by atoms with Crippen molar-refractivity contribution in [1.29, 1.82) is 0 Å². The number of benzene rings is 4. The molecule has 33 heavy (non-hydrogen) atoms. The van der Waals surface area contributed by atoms with Crippen LogP contribution in [-0.4, -0.2) is 9.97 Å². The highest BCUT2D eigenvalue weighted by Crippen LogP contribution is 2.40. The number of halogens is 3. The fourth-order valence-corrected chi connectivity index (χ4v) is 4.49. The molecule has 0 aliphatic heterocycles. The zero-order valence-corrected chi connectivity index (χ0v) is 22.1. The molecular weight excluding hydrogens is 604 g/mol. The number of hydrogen-bond acceptors (Lipinski definition) is 2. The first-order valence-electron chi connectivity index (χ1n) is 10.3. The molecule has 0 fully saturated rings. The van der Waals surface area contributed by atoms with Crippen molar-refractivity contribution in [1.82, 2.24) is 9.97 Å². The number of rotatable bonds is 4. The van der Waals surface area contributed by atoms with Gasteiger partial charge in [-0.15, -0.1) is 0 Å². The molecule has 5 aromatic rings. The Bertz CT molecular complexity index is 1330. The molecule has 0 amide bonds. The molecule has 0 spiro atoms. The molecule has 0 atom stereocenters. The number of hydrogen-bond donors (Lipinski definition) is 0. The van der Waals surface area contributed by atoms with Crippen molar-refractivity contribution in [2.24, 2.45) is 0 Å². The molecule has 0 aliphatic carbocycles. The Labute approximate surface area is 218 Å². The molecule has 0 saturated carbocycles. The van der Waals surface area contributed by atoms with Gasteiger partial charge >= 0.3 is 0 Å². The van der Waals surface area contributed by atoms with Crippen LogP contribution in [0.2, 0.25) is 0 Å². The lowest BCUT2D eigenvalue weighted by molar-refractivity contribution is 1.18. The lowest BCUT2D eigenvalue weighted by atomic mass is 9.94. The Morgan fingerprint density at radius 2 is 0.788 bits per heavy atom. The van der Waals surface area contributed by atoms with Crippen molar-refractivity contribution >= 4 is 47.8 Å². The summed E-state index contributed by atoms with van der Waals surface area (Å²) < 4.78 is 3.09. The summed E-state index contributed by atoms with van der Waals surface area (Å²) in [5, 5.41) is 0. The van der Waals surface area contributed by atoms with E-state index in [1.165, 1.54) is 0 Å². The molecule has 1 heterocycles. The lowest BCUT2D eigenvalue weighted by Gasteiger charge is -2.17. The smallest absolute Gasteiger partial charge is 0.160 e. The highest BCUT2D eigenvalue weighted by Gasteiger charge is 2.20. The van der Waals surface area contributed by atoms with E-state index in [1.54, 1.807) is 0 Å². The van der Waals surface area contributed by atoms with Gasteiger partial charge in [0.15, 0.2) is 5.82 Å². The largest absolute Gasteiger partial charge is 0.227 e. The Morgan fingerprint density at radius 3 is 1.21 bits per heavy atom. The van der Waals surface area contributed by atoms with Gasteiger partial charge in [0.05, 0.1) is 11.4 Å². The van der Waals surface area contributed by atoms with E-state index in [2.05, 4.69) is 96.3 Å². The van der Waals surface area contributed by atoms with Crippen LogP contribution in [0.15, 0.2) is 117 Å². The summed E-state index contributed by atoms with van der Waals surface area (Å²) in [6.07, 6.45) is 0. The van der Waals surface area contributed by atoms with E-state index in [-0.39, 0.29) is 0 Å². The van der Waals surface area contributed by atoms with Crippen LogP contribution in [-0.2, 0) is 0 Å². The van der Waals surface area contributed by atoms with Crippen molar-refractivity contribution in [3.63, 3.8) is 0 Å². The average molecular weight is 621 g/mol. The van der Waals surface area contributed by atoms with Crippen LogP contribution in [0.25, 0.3) is 45.0 Å². The molecule has 2 nitrogen and oxygen atoms in total. The SMILES string of the molecule is Brc1ccc(-c2nc(-c3ccccc3)nc(-c3ccc(Br)cc3)c2-c2ccc(Br)cc2)cc1. The van der Waals surface area contributed by atoms with Gasteiger partial charge in [-0.25, -0.2) is 9.97 Å². The third-order valence-corrected chi connectivity index (χ3v) is 6.90. The summed E-state index contributed by atoms with van der Waals surface area (Å²) in [6, 6.07) is 35.0. The first-order chi connectivity index (χ1) is 16.1. The highest BCUT2D eigenvalue weighted by atomic mass is 79.9. The molecule has 0 radical (unpaired) electrons. The topological polar surface area (TPSA) is 25.8 Å². The maximum absolute atomic E-state index is 5.10. The molecule has 0 aliphatic rings. The molecule has 0 N–H and O–H groups in total. The normalized spacial score (nSPS) is 10.9. The Morgan fingerprint density at radius 1 is 0.394 bits per heavy atom. The lowest BCUT2D eigenvalue weighted by Crippen LogP contribution is -2.00. The standard InChI is InChI=1S/C28H17Br3N2/c29-22-12-6-18(7-13-22)25-26(19-8-14-23(30)15-9-19)32-28(21-4-2-1-3-5-21)33-27(25)20-10-16-24(31)17-11-20/h1-17H. The Hall–Kier alpha value is -2.60. The maximum atomic E-state index is 5.10. The second-order valence-electron chi connectivity index (χ2n) is 7.51. The first-order valence-corrected chi connectivity index (χ1v) is 12.7. The summed E-state index contributed by atoms with van der Waals surface area (Å²) in [5.41, 5.74) is 6.92. The van der Waals surface area contributed by atoms with Crippen LogP contribution >= 0.6 is 47.8 Å². The molecule has 5 heteroatoms. The third kappa shape index (κ3) is 4.86. The molecule has 1 aromatic heterocycles. The zero-order valence-electron chi connectivity index (χ0n) is 17.3. The number of nitrogens with zero attached hydrogens (tertiary/aromatic N) is 2. The minimum atomic E-state index is 0.701. The van der Waals surface area contributed by atoms with E-state index in [0.717, 1.165) is 52.6 Å². The summed E-state index contributed by atoms with van der Waals surface area (Å²) in [7, 11) is 0. The molecule has 160 valence electrons. The van der Waals surface area contributed by atoms with E-state index >= 15 is 0 Å². The van der Waals surface area contributed by atoms with Gasteiger partial charge in [0.25, 0.3) is 0 Å². The van der Waals surface area contributed by atoms with Crippen LogP contribution in [0.3, 0.4) is 0 Å². The van der Waals surface area contributed by atoms with Gasteiger partial charge in [-0.3, -0.25) is 0 Å². The van der Waals surface area contributed by atoms with Gasteiger partial charge in [0.2, 0.25) is 0 Å². The predicted molar refractivity (Wildman–Crippen MR) is 147 cm³/mol. The monoisotopic (exact) mass is 618 g/mol.